The Morgan fingerprint density at radius 3 is 2.35 bits per heavy atom. The first-order valence-electron chi connectivity index (χ1n) is 13.1. The van der Waals surface area contributed by atoms with Crippen molar-refractivity contribution >= 4 is 5.91 Å². The van der Waals surface area contributed by atoms with Crippen molar-refractivity contribution in [2.45, 2.75) is 38.5 Å². The first-order valence-corrected chi connectivity index (χ1v) is 13.1. The molecular weight excluding hydrogens is 460 g/mol. The predicted molar refractivity (Wildman–Crippen MR) is 148 cm³/mol. The summed E-state index contributed by atoms with van der Waals surface area (Å²) in [5, 5.41) is 3.05. The molecule has 5 heteroatoms. The van der Waals surface area contributed by atoms with Gasteiger partial charge in [-0.25, -0.2) is 0 Å². The van der Waals surface area contributed by atoms with Gasteiger partial charge in [0.15, 0.2) is 11.5 Å². The van der Waals surface area contributed by atoms with E-state index in [1.807, 2.05) is 30.3 Å². The van der Waals surface area contributed by atoms with Gasteiger partial charge in [0.05, 0.1) is 19.9 Å². The number of amides is 1. The van der Waals surface area contributed by atoms with Crippen LogP contribution in [0.15, 0.2) is 78.9 Å². The molecule has 190 valence electrons. The predicted octanol–water partition coefficient (Wildman–Crippen LogP) is 6.40. The monoisotopic (exact) mass is 494 g/mol. The fraction of sp³-hybridized carbons (Fsp3) is 0.281. The van der Waals surface area contributed by atoms with E-state index in [2.05, 4.69) is 58.4 Å². The van der Waals surface area contributed by atoms with Gasteiger partial charge >= 0.3 is 0 Å². The van der Waals surface area contributed by atoms with Gasteiger partial charge in [0.25, 0.3) is 5.91 Å². The lowest BCUT2D eigenvalue weighted by Crippen LogP contribution is -2.25. The molecule has 0 saturated heterocycles. The molecule has 0 fully saturated rings. The van der Waals surface area contributed by atoms with Crippen molar-refractivity contribution < 1.29 is 14.3 Å². The third kappa shape index (κ3) is 5.41. The number of carbonyl (C=O) groups excluding carboxylic acids is 1. The lowest BCUT2D eigenvalue weighted by Gasteiger charge is -2.15. The molecule has 0 atom stereocenters. The number of methoxy groups -OCH3 is 2. The molecule has 4 aromatic rings. The molecule has 1 aliphatic carbocycles. The zero-order valence-corrected chi connectivity index (χ0v) is 21.6. The molecule has 1 aliphatic rings. The largest absolute Gasteiger partial charge is 0.493 e. The van der Waals surface area contributed by atoms with Crippen molar-refractivity contribution in [3.05, 3.63) is 101 Å². The van der Waals surface area contributed by atoms with Crippen molar-refractivity contribution in [3.63, 3.8) is 0 Å². The molecular formula is C32H34N2O3. The third-order valence-corrected chi connectivity index (χ3v) is 7.16. The number of carbonyl (C=O) groups is 1. The third-order valence-electron chi connectivity index (χ3n) is 7.16. The van der Waals surface area contributed by atoms with Crippen LogP contribution in [-0.4, -0.2) is 31.2 Å². The molecule has 1 heterocycles. The van der Waals surface area contributed by atoms with Crippen LogP contribution in [0.25, 0.3) is 16.9 Å². The second-order valence-electron chi connectivity index (χ2n) is 9.51. The summed E-state index contributed by atoms with van der Waals surface area (Å²) in [6.45, 7) is 0.541. The highest BCUT2D eigenvalue weighted by atomic mass is 16.5. The van der Waals surface area contributed by atoms with Crippen LogP contribution in [0.5, 0.6) is 11.5 Å². The number of ether oxygens (including phenoxy) is 2. The average Bonchev–Trinajstić information content (AvgIpc) is 3.15. The van der Waals surface area contributed by atoms with Gasteiger partial charge in [0.1, 0.15) is 0 Å². The smallest absolute Gasteiger partial charge is 0.251 e. The van der Waals surface area contributed by atoms with Crippen LogP contribution in [0.2, 0.25) is 0 Å². The SMILES string of the molecule is COc1ccc(CCNC(=O)c2ccc(-n3c(-c4ccccc4)cc4c3CCCCC4)cc2)cc1OC. The molecule has 0 radical (unpaired) electrons. The Balaban J connectivity index is 1.32. The van der Waals surface area contributed by atoms with E-state index in [1.165, 1.54) is 41.8 Å². The van der Waals surface area contributed by atoms with Gasteiger partial charge in [-0.3, -0.25) is 4.79 Å². The van der Waals surface area contributed by atoms with E-state index < -0.39 is 0 Å². The Hall–Kier alpha value is -3.99. The van der Waals surface area contributed by atoms with Gasteiger partial charge in [-0.05, 0) is 91.3 Å². The van der Waals surface area contributed by atoms with E-state index in [9.17, 15) is 4.79 Å². The Bertz CT molecular complexity index is 1360. The van der Waals surface area contributed by atoms with Crippen LogP contribution in [-0.2, 0) is 19.3 Å². The summed E-state index contributed by atoms with van der Waals surface area (Å²) in [6.07, 6.45) is 6.65. The molecule has 0 saturated carbocycles. The summed E-state index contributed by atoms with van der Waals surface area (Å²) in [5.74, 6) is 1.33. The molecule has 3 aromatic carbocycles. The Kier molecular flexibility index (Phi) is 7.59. The molecule has 0 aliphatic heterocycles. The van der Waals surface area contributed by atoms with E-state index in [1.54, 1.807) is 14.2 Å². The Morgan fingerprint density at radius 2 is 1.59 bits per heavy atom. The van der Waals surface area contributed by atoms with Crippen LogP contribution >= 0.6 is 0 Å². The topological polar surface area (TPSA) is 52.5 Å². The molecule has 1 aromatic heterocycles. The number of nitrogens with zero attached hydrogens (tertiary/aromatic N) is 1. The van der Waals surface area contributed by atoms with Crippen LogP contribution in [0, 0.1) is 0 Å². The van der Waals surface area contributed by atoms with Gasteiger partial charge in [-0.2, -0.15) is 0 Å². The normalized spacial score (nSPS) is 12.9. The highest BCUT2D eigenvalue weighted by Gasteiger charge is 2.19. The van der Waals surface area contributed by atoms with Crippen LogP contribution in [0.3, 0.4) is 0 Å². The van der Waals surface area contributed by atoms with Gasteiger partial charge < -0.3 is 19.4 Å². The van der Waals surface area contributed by atoms with Gasteiger partial charge in [0, 0.05) is 23.5 Å². The molecule has 1 N–H and O–H groups in total. The zero-order valence-electron chi connectivity index (χ0n) is 21.6. The summed E-state index contributed by atoms with van der Waals surface area (Å²) in [4.78, 5) is 12.9. The molecule has 37 heavy (non-hydrogen) atoms. The maximum absolute atomic E-state index is 12.9. The maximum atomic E-state index is 12.9. The number of nitrogens with one attached hydrogen (secondary N) is 1. The fourth-order valence-corrected chi connectivity index (χ4v) is 5.21. The van der Waals surface area contributed by atoms with Crippen LogP contribution in [0.4, 0.5) is 0 Å². The summed E-state index contributed by atoms with van der Waals surface area (Å²) >= 11 is 0. The number of hydrogen-bond acceptors (Lipinski definition) is 3. The van der Waals surface area contributed by atoms with Gasteiger partial charge in [-0.15, -0.1) is 0 Å². The molecule has 5 rings (SSSR count). The Labute approximate surface area is 219 Å². The minimum atomic E-state index is -0.0679. The quantitative estimate of drug-likeness (QED) is 0.288. The molecule has 1 amide bonds. The average molecular weight is 495 g/mol. The summed E-state index contributed by atoms with van der Waals surface area (Å²) in [7, 11) is 3.25. The summed E-state index contributed by atoms with van der Waals surface area (Å²) in [6, 6.07) is 26.8. The van der Waals surface area contributed by atoms with Gasteiger partial charge in [0.2, 0.25) is 0 Å². The lowest BCUT2D eigenvalue weighted by atomic mass is 10.1. The maximum Gasteiger partial charge on any atom is 0.251 e. The highest BCUT2D eigenvalue weighted by Crippen LogP contribution is 2.33. The van der Waals surface area contributed by atoms with E-state index in [0.29, 0.717) is 30.0 Å². The number of fused-ring (bicyclic) bond motifs is 1. The van der Waals surface area contributed by atoms with E-state index in [-0.39, 0.29) is 5.91 Å². The molecule has 0 unspecified atom stereocenters. The van der Waals surface area contributed by atoms with Crippen LogP contribution in [0.1, 0.15) is 46.4 Å². The number of hydrogen-bond donors (Lipinski definition) is 1. The minimum Gasteiger partial charge on any atom is -0.493 e. The first-order chi connectivity index (χ1) is 18.2. The van der Waals surface area contributed by atoms with Crippen molar-refractivity contribution in [2.75, 3.05) is 20.8 Å². The number of aromatic nitrogens is 1. The fourth-order valence-electron chi connectivity index (χ4n) is 5.21. The zero-order chi connectivity index (χ0) is 25.6. The van der Waals surface area contributed by atoms with Crippen molar-refractivity contribution in [3.8, 4) is 28.4 Å². The van der Waals surface area contributed by atoms with Crippen molar-refractivity contribution in [2.24, 2.45) is 0 Å². The highest BCUT2D eigenvalue weighted by molar-refractivity contribution is 5.94. The molecule has 5 nitrogen and oxygen atoms in total. The standard InChI is InChI=1S/C32H34N2O3/c1-36-30-18-13-23(21-31(30)37-2)19-20-33-32(35)25-14-16-27(17-15-25)34-28-12-8-4-7-11-26(28)22-29(34)24-9-5-3-6-10-24/h3,5-6,9-10,13-18,21-22H,4,7-8,11-12,19-20H2,1-2H3,(H,33,35). The summed E-state index contributed by atoms with van der Waals surface area (Å²) < 4.78 is 13.1. The van der Waals surface area contributed by atoms with Crippen LogP contribution < -0.4 is 14.8 Å². The van der Waals surface area contributed by atoms with E-state index >= 15 is 0 Å². The van der Waals surface area contributed by atoms with E-state index in [0.717, 1.165) is 24.1 Å². The van der Waals surface area contributed by atoms with Crippen molar-refractivity contribution in [1.82, 2.24) is 9.88 Å². The molecule has 0 spiro atoms. The second-order valence-corrected chi connectivity index (χ2v) is 9.51. The lowest BCUT2D eigenvalue weighted by molar-refractivity contribution is 0.0954. The molecule has 0 bridgehead atoms. The van der Waals surface area contributed by atoms with E-state index in [4.69, 9.17) is 9.47 Å². The number of rotatable bonds is 8. The minimum absolute atomic E-state index is 0.0679. The summed E-state index contributed by atoms with van der Waals surface area (Å²) in [5.41, 5.74) is 8.14. The van der Waals surface area contributed by atoms with Crippen molar-refractivity contribution in [1.29, 1.82) is 0 Å². The van der Waals surface area contributed by atoms with Gasteiger partial charge in [-0.1, -0.05) is 42.8 Å². The Morgan fingerprint density at radius 1 is 0.838 bits per heavy atom. The number of benzene rings is 3. The number of aryl methyl sites for hydroxylation is 1. The second kappa shape index (κ2) is 11.4. The first kappa shape index (κ1) is 24.7.